The molecule has 10 heteroatoms. The van der Waals surface area contributed by atoms with Crippen LogP contribution in [0.4, 0.5) is 13.2 Å². The summed E-state index contributed by atoms with van der Waals surface area (Å²) in [5.41, 5.74) is 0. The number of benzene rings is 1. The minimum Gasteiger partial charge on any atom is -0.492 e. The molecular formula is C12H17F3N2O4S. The second kappa shape index (κ2) is 7.77. The van der Waals surface area contributed by atoms with E-state index < -0.39 is 35.3 Å². The Hall–Kier alpha value is -1.36. The summed E-state index contributed by atoms with van der Waals surface area (Å²) in [6.45, 7) is -0.707. The number of halogens is 3. The van der Waals surface area contributed by atoms with Gasteiger partial charge in [-0.15, -0.1) is 0 Å². The zero-order valence-electron chi connectivity index (χ0n) is 11.5. The summed E-state index contributed by atoms with van der Waals surface area (Å²) in [5, 5.41) is 15.8. The number of sulfonamides is 1. The van der Waals surface area contributed by atoms with E-state index in [1.54, 1.807) is 0 Å². The lowest BCUT2D eigenvalue weighted by molar-refractivity contribution is -0.159. The van der Waals surface area contributed by atoms with Crippen LogP contribution in [0, 0.1) is 0 Å². The number of primary sulfonamides is 1. The van der Waals surface area contributed by atoms with Gasteiger partial charge in [0.2, 0.25) is 10.0 Å². The molecule has 0 fully saturated rings. The number of aliphatic hydroxyl groups excluding tert-OH is 1. The first-order valence-electron chi connectivity index (χ1n) is 6.31. The van der Waals surface area contributed by atoms with Crippen LogP contribution in [0.1, 0.15) is 6.42 Å². The SMILES string of the molecule is NS(=O)(=O)c1ccc(OCCNC(CCO)C(F)(F)F)cc1. The Morgan fingerprint density at radius 1 is 1.27 bits per heavy atom. The summed E-state index contributed by atoms with van der Waals surface area (Å²) in [5.74, 6) is 0.305. The van der Waals surface area contributed by atoms with Gasteiger partial charge in [0.1, 0.15) is 18.4 Å². The van der Waals surface area contributed by atoms with Gasteiger partial charge in [-0.05, 0) is 30.7 Å². The molecule has 4 N–H and O–H groups in total. The van der Waals surface area contributed by atoms with Crippen molar-refractivity contribution in [3.63, 3.8) is 0 Å². The Balaban J connectivity index is 2.44. The molecule has 1 atom stereocenters. The molecule has 0 aliphatic carbocycles. The monoisotopic (exact) mass is 342 g/mol. The highest BCUT2D eigenvalue weighted by Crippen LogP contribution is 2.22. The lowest BCUT2D eigenvalue weighted by Crippen LogP contribution is -2.44. The number of hydrogen-bond acceptors (Lipinski definition) is 5. The summed E-state index contributed by atoms with van der Waals surface area (Å²) in [7, 11) is -3.80. The van der Waals surface area contributed by atoms with Crippen molar-refractivity contribution < 1.29 is 31.4 Å². The van der Waals surface area contributed by atoms with Crippen LogP contribution in [-0.2, 0) is 10.0 Å². The third-order valence-corrected chi connectivity index (χ3v) is 3.66. The van der Waals surface area contributed by atoms with Crippen LogP contribution in [0.25, 0.3) is 0 Å². The molecule has 0 bridgehead atoms. The molecule has 126 valence electrons. The maximum atomic E-state index is 12.5. The molecule has 22 heavy (non-hydrogen) atoms. The molecule has 1 aromatic carbocycles. The lowest BCUT2D eigenvalue weighted by atomic mass is 10.2. The number of nitrogens with one attached hydrogen (secondary N) is 1. The van der Waals surface area contributed by atoms with Gasteiger partial charge >= 0.3 is 6.18 Å². The molecule has 0 radical (unpaired) electrons. The highest BCUT2D eigenvalue weighted by atomic mass is 32.2. The Morgan fingerprint density at radius 3 is 2.32 bits per heavy atom. The first-order chi connectivity index (χ1) is 10.1. The van der Waals surface area contributed by atoms with Gasteiger partial charge in [-0.3, -0.25) is 0 Å². The average Bonchev–Trinajstić information content (AvgIpc) is 2.40. The molecule has 0 aromatic heterocycles. The van der Waals surface area contributed by atoms with Gasteiger partial charge < -0.3 is 15.2 Å². The Bertz CT molecular complexity index is 561. The van der Waals surface area contributed by atoms with Crippen molar-refractivity contribution in [2.45, 2.75) is 23.5 Å². The van der Waals surface area contributed by atoms with Crippen molar-refractivity contribution in [1.29, 1.82) is 0 Å². The van der Waals surface area contributed by atoms with E-state index in [2.05, 4.69) is 5.32 Å². The van der Waals surface area contributed by atoms with Crippen LogP contribution in [0.15, 0.2) is 29.2 Å². The molecule has 0 heterocycles. The van der Waals surface area contributed by atoms with Crippen molar-refractivity contribution in [3.05, 3.63) is 24.3 Å². The molecule has 0 aliphatic heterocycles. The highest BCUT2D eigenvalue weighted by Gasteiger charge is 2.38. The maximum Gasteiger partial charge on any atom is 0.403 e. The van der Waals surface area contributed by atoms with E-state index in [0.29, 0.717) is 5.75 Å². The summed E-state index contributed by atoms with van der Waals surface area (Å²) in [6.07, 6.45) is -4.88. The van der Waals surface area contributed by atoms with E-state index in [-0.39, 0.29) is 18.0 Å². The first kappa shape index (κ1) is 18.7. The molecule has 1 rings (SSSR count). The quantitative estimate of drug-likeness (QED) is 0.601. The van der Waals surface area contributed by atoms with E-state index in [1.165, 1.54) is 24.3 Å². The molecule has 0 amide bonds. The predicted octanol–water partition coefficient (Wildman–Crippen LogP) is 0.616. The topological polar surface area (TPSA) is 102 Å². The minimum absolute atomic E-state index is 0.0489. The Kier molecular flexibility index (Phi) is 6.60. The molecule has 0 saturated carbocycles. The lowest BCUT2D eigenvalue weighted by Gasteiger charge is -2.20. The third kappa shape index (κ3) is 6.18. The Morgan fingerprint density at radius 2 is 1.86 bits per heavy atom. The molecule has 1 aromatic rings. The number of aliphatic hydroxyl groups is 1. The standard InChI is InChI=1S/C12H17F3N2O4S/c13-12(14,15)11(5-7-18)17-6-8-21-9-1-3-10(4-2-9)22(16,19)20/h1-4,11,17-18H,5-8H2,(H2,16,19,20). The normalized spacial score (nSPS) is 13.9. The second-order valence-electron chi connectivity index (χ2n) is 4.43. The van der Waals surface area contributed by atoms with Crippen molar-refractivity contribution in [2.75, 3.05) is 19.8 Å². The molecule has 0 aliphatic rings. The van der Waals surface area contributed by atoms with Crippen LogP contribution >= 0.6 is 0 Å². The number of nitrogens with two attached hydrogens (primary N) is 1. The molecule has 1 unspecified atom stereocenters. The van der Waals surface area contributed by atoms with E-state index in [9.17, 15) is 21.6 Å². The van der Waals surface area contributed by atoms with Gasteiger partial charge in [0.05, 0.1) is 4.90 Å². The van der Waals surface area contributed by atoms with Crippen molar-refractivity contribution >= 4 is 10.0 Å². The van der Waals surface area contributed by atoms with E-state index in [4.69, 9.17) is 15.0 Å². The van der Waals surface area contributed by atoms with Gasteiger partial charge in [0, 0.05) is 13.2 Å². The fraction of sp³-hybridized carbons (Fsp3) is 0.500. The third-order valence-electron chi connectivity index (χ3n) is 2.73. The van der Waals surface area contributed by atoms with Gasteiger partial charge in [0.25, 0.3) is 0 Å². The second-order valence-corrected chi connectivity index (χ2v) is 5.99. The molecule has 0 saturated heterocycles. The van der Waals surface area contributed by atoms with Crippen molar-refractivity contribution in [1.82, 2.24) is 5.32 Å². The maximum absolute atomic E-state index is 12.5. The summed E-state index contributed by atoms with van der Waals surface area (Å²) in [4.78, 5) is -0.0851. The van der Waals surface area contributed by atoms with E-state index in [1.807, 2.05) is 0 Å². The largest absolute Gasteiger partial charge is 0.492 e. The van der Waals surface area contributed by atoms with Gasteiger partial charge in [0.15, 0.2) is 0 Å². The van der Waals surface area contributed by atoms with E-state index >= 15 is 0 Å². The van der Waals surface area contributed by atoms with Crippen molar-refractivity contribution in [3.8, 4) is 5.75 Å². The molecular weight excluding hydrogens is 325 g/mol. The van der Waals surface area contributed by atoms with Crippen LogP contribution in [0.3, 0.4) is 0 Å². The predicted molar refractivity (Wildman–Crippen MR) is 72.9 cm³/mol. The number of alkyl halides is 3. The average molecular weight is 342 g/mol. The van der Waals surface area contributed by atoms with Crippen LogP contribution in [0.5, 0.6) is 5.75 Å². The molecule has 0 spiro atoms. The minimum atomic E-state index is -4.44. The van der Waals surface area contributed by atoms with E-state index in [0.717, 1.165) is 0 Å². The van der Waals surface area contributed by atoms with Crippen LogP contribution in [0.2, 0.25) is 0 Å². The zero-order chi connectivity index (χ0) is 16.8. The first-order valence-corrected chi connectivity index (χ1v) is 7.86. The Labute approximate surface area is 126 Å². The van der Waals surface area contributed by atoms with Gasteiger partial charge in [-0.1, -0.05) is 0 Å². The highest BCUT2D eigenvalue weighted by molar-refractivity contribution is 7.89. The summed E-state index contributed by atoms with van der Waals surface area (Å²) < 4.78 is 64.8. The van der Waals surface area contributed by atoms with Crippen molar-refractivity contribution in [2.24, 2.45) is 5.14 Å². The smallest absolute Gasteiger partial charge is 0.403 e. The fourth-order valence-electron chi connectivity index (χ4n) is 1.64. The zero-order valence-corrected chi connectivity index (χ0v) is 12.3. The summed E-state index contributed by atoms with van der Waals surface area (Å²) >= 11 is 0. The summed E-state index contributed by atoms with van der Waals surface area (Å²) in [6, 6.07) is 3.39. The number of ether oxygens (including phenoxy) is 1. The fourth-order valence-corrected chi connectivity index (χ4v) is 2.15. The van der Waals surface area contributed by atoms with Gasteiger partial charge in [-0.25, -0.2) is 13.6 Å². The number of rotatable bonds is 8. The molecule has 6 nitrogen and oxygen atoms in total. The van der Waals surface area contributed by atoms with Gasteiger partial charge in [-0.2, -0.15) is 13.2 Å². The van der Waals surface area contributed by atoms with Crippen LogP contribution < -0.4 is 15.2 Å². The number of hydrogen-bond donors (Lipinski definition) is 3. The van der Waals surface area contributed by atoms with Crippen LogP contribution in [-0.4, -0.2) is 45.5 Å².